The largest absolute Gasteiger partial charge is 0.383 e. The van der Waals surface area contributed by atoms with Crippen LogP contribution >= 0.6 is 15.9 Å². The first-order valence-corrected chi connectivity index (χ1v) is 5.70. The molecule has 5 heteroatoms. The molecule has 1 unspecified atom stereocenters. The second-order valence-corrected chi connectivity index (χ2v) is 4.56. The van der Waals surface area contributed by atoms with Gasteiger partial charge in [-0.05, 0) is 29.3 Å². The first-order chi connectivity index (χ1) is 7.03. The molecule has 0 aromatic carbocycles. The van der Waals surface area contributed by atoms with Crippen molar-refractivity contribution in [3.63, 3.8) is 0 Å². The van der Waals surface area contributed by atoms with Crippen LogP contribution in [0.4, 0.5) is 0 Å². The molecule has 0 bridgehead atoms. The second-order valence-electron chi connectivity index (χ2n) is 3.71. The van der Waals surface area contributed by atoms with Crippen LogP contribution in [0.25, 0.3) is 0 Å². The Hall–Kier alpha value is -0.680. The zero-order valence-corrected chi connectivity index (χ0v) is 10.5. The first kappa shape index (κ1) is 12.4. The summed E-state index contributed by atoms with van der Waals surface area (Å²) < 4.78 is 2.47. The van der Waals surface area contributed by atoms with Gasteiger partial charge in [0.15, 0.2) is 0 Å². The number of rotatable bonds is 5. The Kier molecular flexibility index (Phi) is 4.04. The zero-order valence-electron chi connectivity index (χ0n) is 8.90. The van der Waals surface area contributed by atoms with Gasteiger partial charge in [-0.2, -0.15) is 5.10 Å². The molecular formula is C10H15BrN2O2. The van der Waals surface area contributed by atoms with Crippen molar-refractivity contribution in [2.45, 2.75) is 38.8 Å². The van der Waals surface area contributed by atoms with E-state index in [-0.39, 0.29) is 6.42 Å². The van der Waals surface area contributed by atoms with Gasteiger partial charge >= 0.3 is 0 Å². The number of aryl methyl sites for hydroxylation is 1. The van der Waals surface area contributed by atoms with Gasteiger partial charge in [0.25, 0.3) is 0 Å². The predicted octanol–water partition coefficient (Wildman–Crippen LogP) is 1.85. The lowest BCUT2D eigenvalue weighted by Crippen LogP contribution is -2.26. The molecule has 84 valence electrons. The van der Waals surface area contributed by atoms with Crippen molar-refractivity contribution in [1.82, 2.24) is 9.78 Å². The van der Waals surface area contributed by atoms with E-state index in [1.54, 1.807) is 17.8 Å². The van der Waals surface area contributed by atoms with Crippen LogP contribution in [-0.2, 0) is 16.9 Å². The summed E-state index contributed by atoms with van der Waals surface area (Å²) >= 11 is 3.33. The summed E-state index contributed by atoms with van der Waals surface area (Å²) in [7, 11) is 0. The number of aliphatic hydroxyl groups is 1. The van der Waals surface area contributed by atoms with Crippen molar-refractivity contribution in [3.05, 3.63) is 16.4 Å². The Morgan fingerprint density at radius 2 is 2.40 bits per heavy atom. The van der Waals surface area contributed by atoms with Crippen molar-refractivity contribution in [1.29, 1.82) is 0 Å². The van der Waals surface area contributed by atoms with Gasteiger partial charge < -0.3 is 9.90 Å². The van der Waals surface area contributed by atoms with Crippen LogP contribution < -0.4 is 0 Å². The summed E-state index contributed by atoms with van der Waals surface area (Å²) in [6.07, 6.45) is 3.36. The van der Waals surface area contributed by atoms with Crippen LogP contribution in [0.2, 0.25) is 0 Å². The topological polar surface area (TPSA) is 55.1 Å². The van der Waals surface area contributed by atoms with Crippen LogP contribution in [0.15, 0.2) is 10.7 Å². The summed E-state index contributed by atoms with van der Waals surface area (Å²) in [4.78, 5) is 10.5. The predicted molar refractivity (Wildman–Crippen MR) is 60.5 cm³/mol. The third-order valence-electron chi connectivity index (χ3n) is 2.22. The minimum Gasteiger partial charge on any atom is -0.383 e. The quantitative estimate of drug-likeness (QED) is 0.834. The highest BCUT2D eigenvalue weighted by Gasteiger charge is 2.29. The average Bonchev–Trinajstić information content (AvgIpc) is 2.48. The highest BCUT2D eigenvalue weighted by molar-refractivity contribution is 9.10. The Morgan fingerprint density at radius 3 is 2.93 bits per heavy atom. The van der Waals surface area contributed by atoms with E-state index in [0.29, 0.717) is 5.69 Å². The minimum atomic E-state index is -1.16. The molecule has 1 rings (SSSR count). The lowest BCUT2D eigenvalue weighted by molar-refractivity contribution is -0.112. The van der Waals surface area contributed by atoms with Crippen LogP contribution in [-0.4, -0.2) is 21.2 Å². The molecule has 0 saturated carbocycles. The van der Waals surface area contributed by atoms with Gasteiger partial charge in [-0.1, -0.05) is 6.92 Å². The zero-order chi connectivity index (χ0) is 11.5. The van der Waals surface area contributed by atoms with Gasteiger partial charge in [0.1, 0.15) is 11.9 Å². The summed E-state index contributed by atoms with van der Waals surface area (Å²) in [6.45, 7) is 4.39. The van der Waals surface area contributed by atoms with E-state index in [4.69, 9.17) is 0 Å². The third-order valence-corrected chi connectivity index (χ3v) is 2.80. The van der Waals surface area contributed by atoms with Gasteiger partial charge in [0.2, 0.25) is 0 Å². The number of hydrogen-bond donors (Lipinski definition) is 1. The molecule has 0 amide bonds. The van der Waals surface area contributed by atoms with Crippen LogP contribution in [0.3, 0.4) is 0 Å². The Balaban J connectivity index is 3.09. The number of carbonyl (C=O) groups excluding carboxylic acids is 1. The van der Waals surface area contributed by atoms with Crippen molar-refractivity contribution >= 4 is 22.2 Å². The van der Waals surface area contributed by atoms with Crippen LogP contribution in [0, 0.1) is 0 Å². The van der Waals surface area contributed by atoms with E-state index in [2.05, 4.69) is 21.0 Å². The fourth-order valence-corrected chi connectivity index (χ4v) is 2.26. The minimum absolute atomic E-state index is 0.0704. The molecule has 1 atom stereocenters. The molecule has 15 heavy (non-hydrogen) atoms. The van der Waals surface area contributed by atoms with Gasteiger partial charge in [-0.3, -0.25) is 4.68 Å². The molecule has 0 saturated heterocycles. The molecule has 4 nitrogen and oxygen atoms in total. The molecule has 0 radical (unpaired) electrons. The summed E-state index contributed by atoms with van der Waals surface area (Å²) in [5.41, 5.74) is -0.497. The first-order valence-electron chi connectivity index (χ1n) is 4.90. The van der Waals surface area contributed by atoms with Crippen LogP contribution in [0.5, 0.6) is 0 Å². The van der Waals surface area contributed by atoms with E-state index < -0.39 is 5.60 Å². The number of hydrogen-bond acceptors (Lipinski definition) is 3. The number of halogens is 1. The SMILES string of the molecule is CCCn1ncc(Br)c1C(C)(O)CC=O. The van der Waals surface area contributed by atoms with E-state index in [9.17, 15) is 9.90 Å². The van der Waals surface area contributed by atoms with E-state index in [1.165, 1.54) is 0 Å². The highest BCUT2D eigenvalue weighted by atomic mass is 79.9. The fourth-order valence-electron chi connectivity index (χ4n) is 1.54. The molecule has 0 aliphatic carbocycles. The van der Waals surface area contributed by atoms with Gasteiger partial charge in [-0.15, -0.1) is 0 Å². The van der Waals surface area contributed by atoms with E-state index in [1.807, 2.05) is 6.92 Å². The molecule has 1 aromatic heterocycles. The number of nitrogens with zero attached hydrogens (tertiary/aromatic N) is 2. The Labute approximate surface area is 97.4 Å². The van der Waals surface area contributed by atoms with Gasteiger partial charge in [0, 0.05) is 13.0 Å². The highest BCUT2D eigenvalue weighted by Crippen LogP contribution is 2.30. The number of aldehydes is 1. The van der Waals surface area contributed by atoms with Crippen molar-refractivity contribution in [2.24, 2.45) is 0 Å². The van der Waals surface area contributed by atoms with E-state index in [0.717, 1.165) is 23.7 Å². The Morgan fingerprint density at radius 1 is 1.73 bits per heavy atom. The monoisotopic (exact) mass is 274 g/mol. The molecule has 1 aromatic rings. The molecule has 1 N–H and O–H groups in total. The lowest BCUT2D eigenvalue weighted by atomic mass is 9.99. The third kappa shape index (κ3) is 2.66. The second kappa shape index (κ2) is 4.90. The molecule has 0 fully saturated rings. The lowest BCUT2D eigenvalue weighted by Gasteiger charge is -2.22. The molecule has 1 heterocycles. The van der Waals surface area contributed by atoms with Crippen molar-refractivity contribution in [2.75, 3.05) is 0 Å². The van der Waals surface area contributed by atoms with Gasteiger partial charge in [-0.25, -0.2) is 0 Å². The maximum Gasteiger partial charge on any atom is 0.123 e. The molecule has 0 aliphatic heterocycles. The van der Waals surface area contributed by atoms with Crippen molar-refractivity contribution < 1.29 is 9.90 Å². The average molecular weight is 275 g/mol. The van der Waals surface area contributed by atoms with Gasteiger partial charge in [0.05, 0.1) is 16.4 Å². The van der Waals surface area contributed by atoms with Crippen molar-refractivity contribution in [3.8, 4) is 0 Å². The summed E-state index contributed by atoms with van der Waals surface area (Å²) in [5.74, 6) is 0. The molecule has 0 spiro atoms. The Bertz CT molecular complexity index is 347. The summed E-state index contributed by atoms with van der Waals surface area (Å²) in [5, 5.41) is 14.3. The number of carbonyl (C=O) groups is 1. The maximum atomic E-state index is 10.5. The number of aromatic nitrogens is 2. The maximum absolute atomic E-state index is 10.5. The van der Waals surface area contributed by atoms with Crippen LogP contribution in [0.1, 0.15) is 32.4 Å². The fraction of sp³-hybridized carbons (Fsp3) is 0.600. The standard InChI is InChI=1S/C10H15BrN2O2/c1-3-5-13-9(8(11)7-12-13)10(2,15)4-6-14/h6-7,15H,3-5H2,1-2H3. The summed E-state index contributed by atoms with van der Waals surface area (Å²) in [6, 6.07) is 0. The molecular weight excluding hydrogens is 260 g/mol. The normalized spacial score (nSPS) is 14.9. The van der Waals surface area contributed by atoms with E-state index >= 15 is 0 Å². The molecule has 0 aliphatic rings. The smallest absolute Gasteiger partial charge is 0.123 e.